The number of fused-ring (bicyclic) bond motifs is 4. The van der Waals surface area contributed by atoms with Gasteiger partial charge in [-0.25, -0.2) is 0 Å². The van der Waals surface area contributed by atoms with Gasteiger partial charge in [-0.05, 0) is 29.7 Å². The summed E-state index contributed by atoms with van der Waals surface area (Å²) in [6.07, 6.45) is 4.54. The molecule has 24 heavy (non-hydrogen) atoms. The third-order valence-corrected chi connectivity index (χ3v) is 4.73. The number of benzene rings is 3. The third kappa shape index (κ3) is 2.24. The molecule has 1 radical (unpaired) electrons. The van der Waals surface area contributed by atoms with Gasteiger partial charge in [0.2, 0.25) is 0 Å². The maximum Gasteiger partial charge on any atom is 0.0544 e. The zero-order valence-electron chi connectivity index (χ0n) is 13.4. The van der Waals surface area contributed by atoms with Gasteiger partial charge in [-0.1, -0.05) is 66.2 Å². The van der Waals surface area contributed by atoms with Gasteiger partial charge in [0.15, 0.2) is 0 Å². The van der Waals surface area contributed by atoms with Gasteiger partial charge in [-0.3, -0.25) is 0 Å². The zero-order chi connectivity index (χ0) is 15.4. The molecule has 0 fully saturated rings. The Hall–Kier alpha value is -1.92. The number of aromatic nitrogens is 1. The maximum absolute atomic E-state index is 3.62. The van der Waals surface area contributed by atoms with Crippen LogP contribution in [0.2, 0.25) is 0 Å². The van der Waals surface area contributed by atoms with Crippen LogP contribution in [0, 0.1) is 6.42 Å². The second kappa shape index (κ2) is 5.86. The summed E-state index contributed by atoms with van der Waals surface area (Å²) >= 11 is 0. The number of nitrogens with one attached hydrogen (secondary N) is 1. The van der Waals surface area contributed by atoms with Crippen molar-refractivity contribution in [1.29, 1.82) is 0 Å². The van der Waals surface area contributed by atoms with Gasteiger partial charge in [0.05, 0.1) is 5.52 Å². The normalized spacial score (nSPS) is 13.0. The van der Waals surface area contributed by atoms with Crippen LogP contribution in [0.4, 0.5) is 0 Å². The average Bonchev–Trinajstić information content (AvgIpc) is 3.13. The Labute approximate surface area is 160 Å². The van der Waals surface area contributed by atoms with E-state index in [1.165, 1.54) is 49.6 Å². The Morgan fingerprint density at radius 1 is 0.750 bits per heavy atom. The van der Waals surface area contributed by atoms with Gasteiger partial charge >= 0.3 is 0 Å². The minimum Gasteiger partial charge on any atom is -0.354 e. The summed E-state index contributed by atoms with van der Waals surface area (Å²) in [7, 11) is 0. The first-order valence-electron chi connectivity index (χ1n) is 7.97. The first kappa shape index (κ1) is 15.6. The van der Waals surface area contributed by atoms with Crippen molar-refractivity contribution in [3.8, 4) is 11.1 Å². The van der Waals surface area contributed by atoms with Crippen LogP contribution in [-0.4, -0.2) is 4.98 Å². The van der Waals surface area contributed by atoms with E-state index in [0.29, 0.717) is 0 Å². The maximum atomic E-state index is 3.62. The van der Waals surface area contributed by atoms with E-state index < -0.39 is 0 Å². The molecule has 0 amide bonds. The second-order valence-electron chi connectivity index (χ2n) is 6.24. The van der Waals surface area contributed by atoms with Gasteiger partial charge in [0, 0.05) is 54.5 Å². The van der Waals surface area contributed by atoms with E-state index in [1.807, 2.05) is 0 Å². The number of rotatable bonds is 1. The van der Waals surface area contributed by atoms with Crippen molar-refractivity contribution in [2.24, 2.45) is 0 Å². The van der Waals surface area contributed by atoms with Crippen molar-refractivity contribution in [3.05, 3.63) is 83.8 Å². The monoisotopic (exact) mass is 384 g/mol. The molecule has 1 N–H and O–H groups in total. The summed E-state index contributed by atoms with van der Waals surface area (Å²) in [6.45, 7) is 2.16. The molecule has 1 aromatic heterocycles. The molecule has 4 aromatic rings. The number of aromatic amines is 1. The summed E-state index contributed by atoms with van der Waals surface area (Å²) in [4.78, 5) is 3.62. The van der Waals surface area contributed by atoms with Crippen LogP contribution in [0.1, 0.15) is 18.1 Å². The molecule has 5 rings (SSSR count). The minimum absolute atomic E-state index is 0. The third-order valence-electron chi connectivity index (χ3n) is 4.73. The Morgan fingerprint density at radius 2 is 1.50 bits per heavy atom. The molecular formula is C22H16NZr. The van der Waals surface area contributed by atoms with Crippen LogP contribution in [-0.2, 0) is 26.2 Å². The molecule has 0 bridgehead atoms. The minimum atomic E-state index is 0. The van der Waals surface area contributed by atoms with Crippen molar-refractivity contribution in [1.82, 2.24) is 4.98 Å². The van der Waals surface area contributed by atoms with Crippen molar-refractivity contribution >= 4 is 27.9 Å². The number of hydrogen-bond acceptors (Lipinski definition) is 0. The van der Waals surface area contributed by atoms with Crippen molar-refractivity contribution in [2.45, 2.75) is 6.92 Å². The van der Waals surface area contributed by atoms with E-state index in [1.54, 1.807) is 0 Å². The SMILES string of the molecule is CC1=Cc2c(cccc2-c2cccc3c2[nH]c2ccccc23)[CH]1.[Zr]. The number of allylic oxidation sites excluding steroid dienone is 1. The molecule has 1 aliphatic carbocycles. The largest absolute Gasteiger partial charge is 0.354 e. The molecular weight excluding hydrogens is 369 g/mol. The quantitative estimate of drug-likeness (QED) is 0.416. The summed E-state index contributed by atoms with van der Waals surface area (Å²) in [5.41, 5.74) is 8.95. The topological polar surface area (TPSA) is 15.8 Å². The van der Waals surface area contributed by atoms with Crippen LogP contribution in [0.5, 0.6) is 0 Å². The van der Waals surface area contributed by atoms with E-state index in [0.717, 1.165) is 0 Å². The second-order valence-corrected chi connectivity index (χ2v) is 6.24. The van der Waals surface area contributed by atoms with E-state index in [9.17, 15) is 0 Å². The molecule has 0 saturated carbocycles. The van der Waals surface area contributed by atoms with Gasteiger partial charge in [-0.2, -0.15) is 0 Å². The van der Waals surface area contributed by atoms with E-state index in [4.69, 9.17) is 0 Å². The average molecular weight is 386 g/mol. The van der Waals surface area contributed by atoms with Crippen molar-refractivity contribution < 1.29 is 26.2 Å². The molecule has 2 heteroatoms. The fourth-order valence-electron chi connectivity index (χ4n) is 3.72. The zero-order valence-corrected chi connectivity index (χ0v) is 15.9. The molecule has 1 heterocycles. The fourth-order valence-corrected chi connectivity index (χ4v) is 3.72. The number of H-pyrrole nitrogens is 1. The van der Waals surface area contributed by atoms with Crippen molar-refractivity contribution in [3.63, 3.8) is 0 Å². The van der Waals surface area contributed by atoms with Gasteiger partial charge in [-0.15, -0.1) is 0 Å². The molecule has 0 unspecified atom stereocenters. The van der Waals surface area contributed by atoms with Gasteiger partial charge in [0.1, 0.15) is 0 Å². The molecule has 3 aromatic carbocycles. The van der Waals surface area contributed by atoms with Crippen LogP contribution >= 0.6 is 0 Å². The van der Waals surface area contributed by atoms with Crippen LogP contribution in [0.3, 0.4) is 0 Å². The van der Waals surface area contributed by atoms with Crippen LogP contribution < -0.4 is 0 Å². The first-order valence-corrected chi connectivity index (χ1v) is 7.97. The summed E-state index contributed by atoms with van der Waals surface area (Å²) in [6, 6.07) is 21.7. The Kier molecular flexibility index (Phi) is 3.81. The van der Waals surface area contributed by atoms with Crippen molar-refractivity contribution in [2.75, 3.05) is 0 Å². The predicted octanol–water partition coefficient (Wildman–Crippen LogP) is 5.95. The molecule has 0 atom stereocenters. The predicted molar refractivity (Wildman–Crippen MR) is 98.3 cm³/mol. The van der Waals surface area contributed by atoms with Crippen LogP contribution in [0.25, 0.3) is 39.0 Å². The number of hydrogen-bond donors (Lipinski definition) is 1. The molecule has 1 nitrogen and oxygen atoms in total. The Morgan fingerprint density at radius 3 is 2.42 bits per heavy atom. The summed E-state index contributed by atoms with van der Waals surface area (Å²) in [5.74, 6) is 0. The van der Waals surface area contributed by atoms with E-state index >= 15 is 0 Å². The summed E-state index contributed by atoms with van der Waals surface area (Å²) < 4.78 is 0. The number of para-hydroxylation sites is 2. The molecule has 0 spiro atoms. The molecule has 0 aliphatic heterocycles. The van der Waals surface area contributed by atoms with E-state index in [2.05, 4.69) is 85.1 Å². The fraction of sp³-hybridized carbons (Fsp3) is 0.0455. The Balaban J connectivity index is 0.00000146. The molecule has 1 aliphatic rings. The standard InChI is InChI=1S/C22H16N.Zr/c1-14-12-15-6-4-8-16(20(15)13-14)18-9-5-10-19-17-7-2-3-11-21(17)23-22(18)19;/h2-13,23H,1H3;. The smallest absolute Gasteiger partial charge is 0.0544 e. The van der Waals surface area contributed by atoms with Gasteiger partial charge in [0.25, 0.3) is 0 Å². The van der Waals surface area contributed by atoms with Gasteiger partial charge < -0.3 is 4.98 Å². The molecule has 0 saturated heterocycles. The molecule has 113 valence electrons. The first-order chi connectivity index (χ1) is 11.3. The summed E-state index contributed by atoms with van der Waals surface area (Å²) in [5, 5.41) is 2.58. The van der Waals surface area contributed by atoms with Crippen LogP contribution in [0.15, 0.2) is 66.2 Å². The van der Waals surface area contributed by atoms with E-state index in [-0.39, 0.29) is 26.2 Å². The Bertz CT molecular complexity index is 1100.